The van der Waals surface area contributed by atoms with E-state index < -0.39 is 11.4 Å². The van der Waals surface area contributed by atoms with Gasteiger partial charge in [0.1, 0.15) is 0 Å². The smallest absolute Gasteiger partial charge is 0.309 e. The zero-order valence-corrected chi connectivity index (χ0v) is 12.1. The molecule has 1 aromatic carbocycles. The highest BCUT2D eigenvalue weighted by molar-refractivity contribution is 5.75. The molecule has 3 nitrogen and oxygen atoms in total. The molecule has 1 aromatic rings. The van der Waals surface area contributed by atoms with Gasteiger partial charge in [0, 0.05) is 18.8 Å². The molecule has 2 rings (SSSR count). The van der Waals surface area contributed by atoms with Gasteiger partial charge in [-0.1, -0.05) is 25.1 Å². The minimum Gasteiger partial charge on any atom is -0.481 e. The van der Waals surface area contributed by atoms with E-state index in [1.165, 1.54) is 16.8 Å². The van der Waals surface area contributed by atoms with E-state index in [-0.39, 0.29) is 0 Å². The second kappa shape index (κ2) is 5.24. The third-order valence-electron chi connectivity index (χ3n) is 4.40. The number of aryl methyl sites for hydroxylation is 2. The molecule has 1 N–H and O–H groups in total. The fourth-order valence-corrected chi connectivity index (χ4v) is 2.90. The average Bonchev–Trinajstić information content (AvgIpc) is 2.39. The van der Waals surface area contributed by atoms with Gasteiger partial charge in [-0.15, -0.1) is 0 Å². The third-order valence-corrected chi connectivity index (χ3v) is 4.40. The van der Waals surface area contributed by atoms with Crippen molar-refractivity contribution >= 4 is 11.7 Å². The lowest BCUT2D eigenvalue weighted by atomic mass is 9.80. The van der Waals surface area contributed by atoms with Crippen molar-refractivity contribution in [3.05, 3.63) is 29.3 Å². The molecule has 0 amide bonds. The number of carboxylic acids is 1. The van der Waals surface area contributed by atoms with Crippen molar-refractivity contribution < 1.29 is 9.90 Å². The summed E-state index contributed by atoms with van der Waals surface area (Å²) >= 11 is 0. The Bertz CT molecular complexity index is 474. The van der Waals surface area contributed by atoms with Crippen molar-refractivity contribution in [2.75, 3.05) is 18.0 Å². The van der Waals surface area contributed by atoms with Crippen LogP contribution >= 0.6 is 0 Å². The van der Waals surface area contributed by atoms with Gasteiger partial charge in [0.25, 0.3) is 0 Å². The number of carboxylic acid groups (broad SMARTS) is 1. The number of nitrogens with zero attached hydrogens (tertiary/aromatic N) is 1. The van der Waals surface area contributed by atoms with Gasteiger partial charge >= 0.3 is 5.97 Å². The number of piperidine rings is 1. The maximum Gasteiger partial charge on any atom is 0.309 e. The van der Waals surface area contributed by atoms with Gasteiger partial charge in [-0.2, -0.15) is 0 Å². The molecule has 0 atom stereocenters. The Labute approximate surface area is 115 Å². The molecule has 1 heterocycles. The van der Waals surface area contributed by atoms with Gasteiger partial charge in [-0.05, 0) is 44.2 Å². The lowest BCUT2D eigenvalue weighted by molar-refractivity contribution is -0.149. The number of rotatable bonds is 3. The summed E-state index contributed by atoms with van der Waals surface area (Å²) in [7, 11) is 0. The highest BCUT2D eigenvalue weighted by Crippen LogP contribution is 2.35. The van der Waals surface area contributed by atoms with Gasteiger partial charge in [0.15, 0.2) is 0 Å². The fraction of sp³-hybridized carbons (Fsp3) is 0.562. The van der Waals surface area contributed by atoms with Crippen LogP contribution in [0.5, 0.6) is 0 Å². The number of anilines is 1. The van der Waals surface area contributed by atoms with E-state index in [1.54, 1.807) is 0 Å². The molecule has 104 valence electrons. The van der Waals surface area contributed by atoms with Crippen LogP contribution in [0.2, 0.25) is 0 Å². The molecular formula is C16H23NO2. The Morgan fingerprint density at radius 2 is 2.00 bits per heavy atom. The van der Waals surface area contributed by atoms with E-state index in [0.717, 1.165) is 32.4 Å². The van der Waals surface area contributed by atoms with Gasteiger partial charge in [0.05, 0.1) is 5.41 Å². The monoisotopic (exact) mass is 261 g/mol. The molecule has 0 saturated carbocycles. The zero-order valence-electron chi connectivity index (χ0n) is 12.1. The van der Waals surface area contributed by atoms with Crippen molar-refractivity contribution in [1.82, 2.24) is 0 Å². The second-order valence-electron chi connectivity index (χ2n) is 5.79. The molecular weight excluding hydrogens is 238 g/mol. The highest BCUT2D eigenvalue weighted by Gasteiger charge is 2.37. The van der Waals surface area contributed by atoms with Gasteiger partial charge < -0.3 is 10.0 Å². The first-order valence-corrected chi connectivity index (χ1v) is 7.05. The van der Waals surface area contributed by atoms with Gasteiger partial charge in [-0.3, -0.25) is 4.79 Å². The lowest BCUT2D eigenvalue weighted by Gasteiger charge is -2.39. The van der Waals surface area contributed by atoms with E-state index in [2.05, 4.69) is 36.9 Å². The van der Waals surface area contributed by atoms with Crippen LogP contribution in [0.25, 0.3) is 0 Å². The first-order chi connectivity index (χ1) is 8.98. The molecule has 0 radical (unpaired) electrons. The molecule has 0 aliphatic carbocycles. The van der Waals surface area contributed by atoms with Crippen LogP contribution in [0.3, 0.4) is 0 Å². The van der Waals surface area contributed by atoms with E-state index in [4.69, 9.17) is 0 Å². The molecule has 19 heavy (non-hydrogen) atoms. The Kier molecular flexibility index (Phi) is 3.83. The predicted octanol–water partition coefficient (Wildman–Crippen LogP) is 3.25. The predicted molar refractivity (Wildman–Crippen MR) is 77.7 cm³/mol. The summed E-state index contributed by atoms with van der Waals surface area (Å²) in [6.07, 6.45) is 2.46. The molecule has 1 fully saturated rings. The normalized spacial score (nSPS) is 18.4. The first-order valence-electron chi connectivity index (χ1n) is 7.05. The van der Waals surface area contributed by atoms with Crippen molar-refractivity contribution in [3.63, 3.8) is 0 Å². The maximum absolute atomic E-state index is 11.3. The Morgan fingerprint density at radius 1 is 1.37 bits per heavy atom. The van der Waals surface area contributed by atoms with Crippen LogP contribution < -0.4 is 4.90 Å². The van der Waals surface area contributed by atoms with Crippen LogP contribution in [0, 0.1) is 12.3 Å². The Balaban J connectivity index is 2.21. The van der Waals surface area contributed by atoms with E-state index in [1.807, 2.05) is 6.92 Å². The topological polar surface area (TPSA) is 40.5 Å². The fourth-order valence-electron chi connectivity index (χ4n) is 2.90. The molecule has 1 aliphatic heterocycles. The average molecular weight is 261 g/mol. The third kappa shape index (κ3) is 2.60. The van der Waals surface area contributed by atoms with Crippen molar-refractivity contribution in [2.24, 2.45) is 5.41 Å². The molecule has 0 spiro atoms. The minimum absolute atomic E-state index is 0.550. The molecule has 1 aliphatic rings. The Hall–Kier alpha value is -1.51. The van der Waals surface area contributed by atoms with Crippen LogP contribution in [0.1, 0.15) is 37.8 Å². The zero-order chi connectivity index (χ0) is 14.0. The van der Waals surface area contributed by atoms with Crippen LogP contribution in [-0.2, 0) is 11.2 Å². The summed E-state index contributed by atoms with van der Waals surface area (Å²) in [6, 6.07) is 6.41. The van der Waals surface area contributed by atoms with Crippen molar-refractivity contribution in [3.8, 4) is 0 Å². The van der Waals surface area contributed by atoms with Crippen LogP contribution in [0.4, 0.5) is 5.69 Å². The second-order valence-corrected chi connectivity index (χ2v) is 5.79. The number of hydrogen-bond donors (Lipinski definition) is 1. The standard InChI is InChI=1S/C16H23NO2/c1-4-13-7-5-6-12(2)14(13)17-10-8-16(3,9-11-17)15(18)19/h5-7H,4,8-11H2,1-3H3,(H,18,19). The maximum atomic E-state index is 11.3. The number of hydrogen-bond acceptors (Lipinski definition) is 2. The number of aliphatic carboxylic acids is 1. The summed E-state index contributed by atoms with van der Waals surface area (Å²) in [5, 5.41) is 9.29. The summed E-state index contributed by atoms with van der Waals surface area (Å²) in [4.78, 5) is 13.7. The summed E-state index contributed by atoms with van der Waals surface area (Å²) in [6.45, 7) is 7.84. The largest absolute Gasteiger partial charge is 0.481 e. The lowest BCUT2D eigenvalue weighted by Crippen LogP contribution is -2.43. The molecule has 0 bridgehead atoms. The van der Waals surface area contributed by atoms with E-state index in [0.29, 0.717) is 0 Å². The first kappa shape index (κ1) is 13.9. The van der Waals surface area contributed by atoms with E-state index >= 15 is 0 Å². The molecule has 3 heteroatoms. The highest BCUT2D eigenvalue weighted by atomic mass is 16.4. The van der Waals surface area contributed by atoms with Gasteiger partial charge in [-0.25, -0.2) is 0 Å². The number of benzene rings is 1. The van der Waals surface area contributed by atoms with Crippen molar-refractivity contribution in [1.29, 1.82) is 0 Å². The molecule has 0 aromatic heterocycles. The van der Waals surface area contributed by atoms with Crippen molar-refractivity contribution in [2.45, 2.75) is 40.0 Å². The molecule has 1 saturated heterocycles. The number of para-hydroxylation sites is 1. The summed E-state index contributed by atoms with van der Waals surface area (Å²) in [5.74, 6) is -0.660. The SMILES string of the molecule is CCc1cccc(C)c1N1CCC(C)(C(=O)O)CC1. The Morgan fingerprint density at radius 3 is 2.53 bits per heavy atom. The summed E-state index contributed by atoms with van der Waals surface area (Å²) < 4.78 is 0. The minimum atomic E-state index is -0.660. The summed E-state index contributed by atoms with van der Waals surface area (Å²) in [5.41, 5.74) is 3.42. The quantitative estimate of drug-likeness (QED) is 0.908. The number of carbonyl (C=O) groups is 1. The van der Waals surface area contributed by atoms with E-state index in [9.17, 15) is 9.90 Å². The molecule has 0 unspecified atom stereocenters. The van der Waals surface area contributed by atoms with Crippen LogP contribution in [0.15, 0.2) is 18.2 Å². The van der Waals surface area contributed by atoms with Crippen LogP contribution in [-0.4, -0.2) is 24.2 Å². The van der Waals surface area contributed by atoms with Gasteiger partial charge in [0.2, 0.25) is 0 Å².